The van der Waals surface area contributed by atoms with Gasteiger partial charge in [-0.05, 0) is 75.3 Å². The predicted octanol–water partition coefficient (Wildman–Crippen LogP) is 4.71. The molecular weight excluding hydrogens is 507 g/mol. The fourth-order valence-electron chi connectivity index (χ4n) is 9.03. The number of anilines is 3. The van der Waals surface area contributed by atoms with Crippen LogP contribution in [0.4, 0.5) is 21.6 Å². The van der Waals surface area contributed by atoms with Crippen LogP contribution in [-0.4, -0.2) is 51.1 Å². The molecule has 4 bridgehead atoms. The summed E-state index contributed by atoms with van der Waals surface area (Å²) in [6.45, 7) is 0.480. The van der Waals surface area contributed by atoms with Crippen LogP contribution in [0.5, 0.6) is 0 Å². The highest BCUT2D eigenvalue weighted by Crippen LogP contribution is 2.47. The number of hydrogen-bond donors (Lipinski definition) is 2. The number of halogens is 1. The van der Waals surface area contributed by atoms with Crippen molar-refractivity contribution in [3.63, 3.8) is 0 Å². The summed E-state index contributed by atoms with van der Waals surface area (Å²) >= 11 is 0. The Bertz CT molecular complexity index is 1310. The molecule has 0 spiro atoms. The van der Waals surface area contributed by atoms with Crippen LogP contribution in [0, 0.1) is 17.7 Å². The second-order valence-corrected chi connectivity index (χ2v) is 13.0. The number of amides is 1. The van der Waals surface area contributed by atoms with Gasteiger partial charge in [0.2, 0.25) is 0 Å². The molecule has 1 amide bonds. The standard InChI is InChI=1S/C31H41FN6O2/c32-25-18-36(31(40)35-29(25)33)28-11-12-34-26-9-1-2-10-27(26)38(30(28)39)24-16-21-7-4-8-22(17-24)37(21)23-14-19-5-3-6-20(13-19)15-23/h1-2,9-10,18-24,28,34H,3-8,11-17H2,(H2,33,35,40). The van der Waals surface area contributed by atoms with Gasteiger partial charge in [-0.3, -0.25) is 14.3 Å². The summed E-state index contributed by atoms with van der Waals surface area (Å²) in [6, 6.07) is 8.74. The van der Waals surface area contributed by atoms with Gasteiger partial charge in [-0.15, -0.1) is 0 Å². The lowest BCUT2D eigenvalue weighted by Crippen LogP contribution is -2.62. The lowest BCUT2D eigenvalue weighted by atomic mass is 9.68. The highest BCUT2D eigenvalue weighted by atomic mass is 19.1. The largest absolute Gasteiger partial charge is 0.383 e. The van der Waals surface area contributed by atoms with Crippen LogP contribution in [0.2, 0.25) is 0 Å². The van der Waals surface area contributed by atoms with Gasteiger partial charge in [-0.25, -0.2) is 9.18 Å². The summed E-state index contributed by atoms with van der Waals surface area (Å²) in [7, 11) is 0. The van der Waals surface area contributed by atoms with Crippen molar-refractivity contribution in [2.45, 2.75) is 107 Å². The molecule has 40 heavy (non-hydrogen) atoms. The van der Waals surface area contributed by atoms with Crippen LogP contribution < -0.4 is 21.6 Å². The Labute approximate surface area is 235 Å². The van der Waals surface area contributed by atoms with Gasteiger partial charge in [0, 0.05) is 36.9 Å². The number of nitrogens with zero attached hydrogens (tertiary/aromatic N) is 4. The van der Waals surface area contributed by atoms with E-state index in [1.807, 2.05) is 29.2 Å². The van der Waals surface area contributed by atoms with E-state index in [2.05, 4.69) is 15.2 Å². The van der Waals surface area contributed by atoms with Crippen molar-refractivity contribution in [2.75, 3.05) is 22.5 Å². The van der Waals surface area contributed by atoms with Crippen LogP contribution in [-0.2, 0) is 4.79 Å². The lowest BCUT2D eigenvalue weighted by Gasteiger charge is -2.56. The van der Waals surface area contributed by atoms with Gasteiger partial charge in [-0.1, -0.05) is 37.8 Å². The van der Waals surface area contributed by atoms with E-state index >= 15 is 0 Å². The third kappa shape index (κ3) is 4.60. The summed E-state index contributed by atoms with van der Waals surface area (Å²) < 4.78 is 15.6. The summed E-state index contributed by atoms with van der Waals surface area (Å²) in [5.41, 5.74) is 6.64. The summed E-state index contributed by atoms with van der Waals surface area (Å²) in [5, 5.41) is 3.47. The molecule has 2 aliphatic carbocycles. The summed E-state index contributed by atoms with van der Waals surface area (Å²) in [6.07, 6.45) is 15.2. The predicted molar refractivity (Wildman–Crippen MR) is 154 cm³/mol. The molecule has 3 N–H and O–H groups in total. The van der Waals surface area contributed by atoms with Gasteiger partial charge in [0.1, 0.15) is 6.04 Å². The number of rotatable bonds is 3. The molecule has 2 saturated heterocycles. The van der Waals surface area contributed by atoms with E-state index in [0.29, 0.717) is 31.1 Å². The number of nitrogen functional groups attached to an aromatic ring is 1. The van der Waals surface area contributed by atoms with Gasteiger partial charge in [0.25, 0.3) is 5.91 Å². The van der Waals surface area contributed by atoms with Crippen molar-refractivity contribution in [3.8, 4) is 0 Å². The molecule has 4 heterocycles. The van der Waals surface area contributed by atoms with Gasteiger partial charge in [0.15, 0.2) is 11.6 Å². The minimum Gasteiger partial charge on any atom is -0.383 e. The number of para-hydroxylation sites is 2. The molecular formula is C31H41FN6O2. The number of carbonyl (C=O) groups is 1. The molecule has 2 saturated carbocycles. The summed E-state index contributed by atoms with van der Waals surface area (Å²) in [5.74, 6) is 0.391. The van der Waals surface area contributed by atoms with Crippen molar-refractivity contribution < 1.29 is 9.18 Å². The lowest BCUT2D eigenvalue weighted by molar-refractivity contribution is -0.123. The Hall–Kier alpha value is -2.94. The van der Waals surface area contributed by atoms with E-state index in [4.69, 9.17) is 5.73 Å². The fourth-order valence-corrected chi connectivity index (χ4v) is 9.03. The number of carbonyl (C=O) groups excluding carboxylic acids is 1. The maximum atomic E-state index is 14.5. The van der Waals surface area contributed by atoms with Gasteiger partial charge in [0.05, 0.1) is 11.4 Å². The van der Waals surface area contributed by atoms with E-state index in [9.17, 15) is 14.0 Å². The first-order chi connectivity index (χ1) is 19.5. The van der Waals surface area contributed by atoms with Crippen LogP contribution in [0.15, 0.2) is 35.3 Å². The first-order valence-corrected chi connectivity index (χ1v) is 15.4. The minimum absolute atomic E-state index is 0.0213. The SMILES string of the molecule is Nc1nc(=O)n(C2CCNc3ccccc3N(C3CC4CCCC(C3)N4C3CC4CCCC(C4)C3)C2=O)cc1F. The number of fused-ring (bicyclic) bond motifs is 5. The molecule has 0 radical (unpaired) electrons. The molecule has 2 aromatic rings. The van der Waals surface area contributed by atoms with Crippen molar-refractivity contribution in [2.24, 2.45) is 11.8 Å². The normalized spacial score (nSPS) is 34.4. The topological polar surface area (TPSA) is 96.5 Å². The van der Waals surface area contributed by atoms with Crippen molar-refractivity contribution >= 4 is 23.1 Å². The van der Waals surface area contributed by atoms with E-state index in [1.165, 1.54) is 57.8 Å². The number of nitrogens with one attached hydrogen (secondary N) is 1. The van der Waals surface area contributed by atoms with Crippen molar-refractivity contribution in [1.82, 2.24) is 14.5 Å². The highest BCUT2D eigenvalue weighted by molar-refractivity contribution is 6.00. The average molecular weight is 549 g/mol. The zero-order chi connectivity index (χ0) is 27.4. The summed E-state index contributed by atoms with van der Waals surface area (Å²) in [4.78, 5) is 35.8. The Morgan fingerprint density at radius 1 is 0.850 bits per heavy atom. The van der Waals surface area contributed by atoms with Gasteiger partial charge >= 0.3 is 5.69 Å². The Balaban J connectivity index is 1.22. The van der Waals surface area contributed by atoms with Crippen molar-refractivity contribution in [3.05, 3.63) is 46.8 Å². The first kappa shape index (κ1) is 26.0. The van der Waals surface area contributed by atoms with E-state index < -0.39 is 23.4 Å². The molecule has 5 aliphatic rings. The van der Waals surface area contributed by atoms with Crippen LogP contribution in [0.25, 0.3) is 0 Å². The third-order valence-corrected chi connectivity index (χ3v) is 10.6. The van der Waals surface area contributed by atoms with E-state index in [0.717, 1.165) is 46.8 Å². The van der Waals surface area contributed by atoms with E-state index in [1.54, 1.807) is 0 Å². The monoisotopic (exact) mass is 548 g/mol. The number of nitrogens with two attached hydrogens (primary N) is 1. The van der Waals surface area contributed by atoms with E-state index in [-0.39, 0.29) is 11.9 Å². The molecule has 8 nitrogen and oxygen atoms in total. The second kappa shape index (κ2) is 10.5. The zero-order valence-electron chi connectivity index (χ0n) is 23.2. The molecule has 9 heteroatoms. The molecule has 5 atom stereocenters. The third-order valence-electron chi connectivity index (χ3n) is 10.6. The molecule has 5 unspecified atom stereocenters. The molecule has 1 aromatic heterocycles. The number of benzene rings is 1. The van der Waals surface area contributed by atoms with Crippen molar-refractivity contribution in [1.29, 1.82) is 0 Å². The van der Waals surface area contributed by atoms with Gasteiger partial charge < -0.3 is 16.0 Å². The maximum absolute atomic E-state index is 14.5. The molecule has 7 rings (SSSR count). The number of piperidine rings is 2. The quantitative estimate of drug-likeness (QED) is 0.577. The average Bonchev–Trinajstić information content (AvgIpc) is 2.92. The number of aromatic nitrogens is 2. The molecule has 4 fully saturated rings. The van der Waals surface area contributed by atoms with Gasteiger partial charge in [-0.2, -0.15) is 4.98 Å². The van der Waals surface area contributed by atoms with Crippen LogP contribution in [0.1, 0.15) is 83.1 Å². The highest BCUT2D eigenvalue weighted by Gasteiger charge is 2.47. The first-order valence-electron chi connectivity index (χ1n) is 15.4. The van der Waals surface area contributed by atoms with Crippen LogP contribution in [0.3, 0.4) is 0 Å². The minimum atomic E-state index is -0.855. The molecule has 214 valence electrons. The smallest absolute Gasteiger partial charge is 0.350 e. The molecule has 3 aliphatic heterocycles. The second-order valence-electron chi connectivity index (χ2n) is 13.0. The number of hydrogen-bond acceptors (Lipinski definition) is 6. The maximum Gasteiger partial charge on any atom is 0.350 e. The Morgan fingerprint density at radius 2 is 1.55 bits per heavy atom. The Morgan fingerprint density at radius 3 is 2.30 bits per heavy atom. The Kier molecular flexibility index (Phi) is 6.80. The zero-order valence-corrected chi connectivity index (χ0v) is 23.2. The fraction of sp³-hybridized carbons (Fsp3) is 0.645. The molecule has 1 aromatic carbocycles. The van der Waals surface area contributed by atoms with Crippen LogP contribution >= 0.6 is 0 Å².